The minimum Gasteiger partial charge on any atom is -0.493 e. The fraction of sp³-hybridized carbons (Fsp3) is 0.333. The summed E-state index contributed by atoms with van der Waals surface area (Å²) < 4.78 is 36.2. The molecule has 2 N–H and O–H groups in total. The molecule has 0 unspecified atom stereocenters. The summed E-state index contributed by atoms with van der Waals surface area (Å²) in [6, 6.07) is 10.0. The van der Waals surface area contributed by atoms with E-state index in [1.54, 1.807) is 37.4 Å². The minimum atomic E-state index is -4.00. The van der Waals surface area contributed by atoms with E-state index in [0.29, 0.717) is 16.2 Å². The Kier molecular flexibility index (Phi) is 8.61. The summed E-state index contributed by atoms with van der Waals surface area (Å²) in [6.45, 7) is 6.43. The van der Waals surface area contributed by atoms with Gasteiger partial charge in [0.05, 0.1) is 13.3 Å². The zero-order valence-electron chi connectivity index (χ0n) is 17.6. The molecule has 0 spiro atoms. The van der Waals surface area contributed by atoms with E-state index in [9.17, 15) is 8.42 Å². The van der Waals surface area contributed by atoms with Gasteiger partial charge in [0.1, 0.15) is 4.90 Å². The summed E-state index contributed by atoms with van der Waals surface area (Å²) in [5.41, 5.74) is 4.86. The van der Waals surface area contributed by atoms with Crippen molar-refractivity contribution in [3.63, 3.8) is 0 Å². The number of hydrazone groups is 1. The lowest BCUT2D eigenvalue weighted by Crippen LogP contribution is -2.32. The van der Waals surface area contributed by atoms with Gasteiger partial charge in [-0.15, -0.1) is 0 Å². The molecule has 30 heavy (non-hydrogen) atoms. The number of aryl methyl sites for hydroxylation is 2. The standard InChI is InChI=1S/C21H27N3O4S2/c1-5-6-11-22-21(29)24-23-14-17-9-10-18(19(13-17)27-4)28-30(25,26)20-12-15(2)7-8-16(20)3/h7-10,12-14H,5-6,11H2,1-4H3,(H2,22,24,29). The molecule has 9 heteroatoms. The van der Waals surface area contributed by atoms with Crippen molar-refractivity contribution >= 4 is 33.7 Å². The van der Waals surface area contributed by atoms with Crippen molar-refractivity contribution in [2.24, 2.45) is 5.10 Å². The van der Waals surface area contributed by atoms with Gasteiger partial charge in [-0.05, 0) is 73.4 Å². The molecule has 0 atom stereocenters. The quantitative estimate of drug-likeness (QED) is 0.198. The van der Waals surface area contributed by atoms with Crippen LogP contribution in [0.4, 0.5) is 0 Å². The van der Waals surface area contributed by atoms with E-state index in [2.05, 4.69) is 22.8 Å². The summed E-state index contributed by atoms with van der Waals surface area (Å²) in [6.07, 6.45) is 3.65. The number of rotatable bonds is 9. The lowest BCUT2D eigenvalue weighted by molar-refractivity contribution is 0.390. The molecule has 0 aromatic heterocycles. The van der Waals surface area contributed by atoms with E-state index in [1.807, 2.05) is 13.0 Å². The maximum absolute atomic E-state index is 12.7. The summed E-state index contributed by atoms with van der Waals surface area (Å²) in [4.78, 5) is 0.128. The first kappa shape index (κ1) is 23.6. The third kappa shape index (κ3) is 6.70. The van der Waals surface area contributed by atoms with Crippen LogP contribution in [0.25, 0.3) is 0 Å². The minimum absolute atomic E-state index is 0.0975. The summed E-state index contributed by atoms with van der Waals surface area (Å²) in [5.74, 6) is 0.372. The lowest BCUT2D eigenvalue weighted by Gasteiger charge is -2.13. The number of ether oxygens (including phenoxy) is 1. The topological polar surface area (TPSA) is 89.0 Å². The Bertz CT molecular complexity index is 1020. The average Bonchev–Trinajstić information content (AvgIpc) is 2.70. The van der Waals surface area contributed by atoms with E-state index in [4.69, 9.17) is 21.1 Å². The number of hydrogen-bond donors (Lipinski definition) is 2. The molecule has 0 aliphatic heterocycles. The van der Waals surface area contributed by atoms with Crippen molar-refractivity contribution < 1.29 is 17.3 Å². The van der Waals surface area contributed by atoms with Gasteiger partial charge in [0, 0.05) is 6.54 Å². The Morgan fingerprint density at radius 2 is 1.93 bits per heavy atom. The van der Waals surface area contributed by atoms with Gasteiger partial charge in [0.25, 0.3) is 0 Å². The smallest absolute Gasteiger partial charge is 0.339 e. The zero-order chi connectivity index (χ0) is 22.1. The SMILES string of the molecule is CCCCNC(=S)NN=Cc1ccc(OS(=O)(=O)c2cc(C)ccc2C)c(OC)c1. The third-order valence-corrected chi connectivity index (χ3v) is 5.81. The average molecular weight is 450 g/mol. The second-order valence-corrected chi connectivity index (χ2v) is 8.62. The van der Waals surface area contributed by atoms with Crippen LogP contribution in [0.3, 0.4) is 0 Å². The highest BCUT2D eigenvalue weighted by Crippen LogP contribution is 2.31. The molecular weight excluding hydrogens is 422 g/mol. The summed E-state index contributed by atoms with van der Waals surface area (Å²) in [7, 11) is -2.56. The van der Waals surface area contributed by atoms with Crippen molar-refractivity contribution in [1.29, 1.82) is 0 Å². The maximum atomic E-state index is 12.7. The molecule has 2 aromatic rings. The molecule has 2 rings (SSSR count). The van der Waals surface area contributed by atoms with Gasteiger partial charge in [-0.25, -0.2) is 0 Å². The monoisotopic (exact) mass is 449 g/mol. The molecule has 2 aromatic carbocycles. The van der Waals surface area contributed by atoms with Gasteiger partial charge in [-0.2, -0.15) is 13.5 Å². The maximum Gasteiger partial charge on any atom is 0.339 e. The second-order valence-electron chi connectivity index (χ2n) is 6.70. The Morgan fingerprint density at radius 3 is 2.63 bits per heavy atom. The number of nitrogens with zero attached hydrogens (tertiary/aromatic N) is 1. The van der Waals surface area contributed by atoms with Crippen LogP contribution in [0.1, 0.15) is 36.5 Å². The van der Waals surface area contributed by atoms with E-state index in [1.165, 1.54) is 13.2 Å². The number of unbranched alkanes of at least 4 members (excludes halogenated alkanes) is 1. The Balaban J connectivity index is 2.13. The molecular formula is C21H27N3O4S2. The third-order valence-electron chi connectivity index (χ3n) is 4.20. The summed E-state index contributed by atoms with van der Waals surface area (Å²) in [5, 5.41) is 7.56. The van der Waals surface area contributed by atoms with Gasteiger partial charge in [0.15, 0.2) is 16.6 Å². The van der Waals surface area contributed by atoms with Crippen LogP contribution in [-0.2, 0) is 10.1 Å². The van der Waals surface area contributed by atoms with Crippen molar-refractivity contribution in [3.8, 4) is 11.5 Å². The largest absolute Gasteiger partial charge is 0.493 e. The van der Waals surface area contributed by atoms with Crippen LogP contribution in [0.2, 0.25) is 0 Å². The van der Waals surface area contributed by atoms with E-state index in [-0.39, 0.29) is 16.4 Å². The molecule has 0 saturated heterocycles. The normalized spacial score (nSPS) is 11.3. The molecule has 0 saturated carbocycles. The highest BCUT2D eigenvalue weighted by molar-refractivity contribution is 7.87. The van der Waals surface area contributed by atoms with Crippen molar-refractivity contribution in [1.82, 2.24) is 10.7 Å². The van der Waals surface area contributed by atoms with Gasteiger partial charge >= 0.3 is 10.1 Å². The molecule has 0 heterocycles. The molecule has 0 aliphatic rings. The Labute approximate surface area is 183 Å². The van der Waals surface area contributed by atoms with Gasteiger partial charge in [0.2, 0.25) is 0 Å². The highest BCUT2D eigenvalue weighted by atomic mass is 32.2. The number of benzene rings is 2. The molecule has 0 bridgehead atoms. The van der Waals surface area contributed by atoms with Crippen LogP contribution in [0, 0.1) is 13.8 Å². The molecule has 0 fully saturated rings. The first-order valence-corrected chi connectivity index (χ1v) is 11.3. The zero-order valence-corrected chi connectivity index (χ0v) is 19.2. The van der Waals surface area contributed by atoms with Crippen LogP contribution in [0.5, 0.6) is 11.5 Å². The number of hydrogen-bond acceptors (Lipinski definition) is 6. The predicted molar refractivity (Wildman–Crippen MR) is 123 cm³/mol. The fourth-order valence-corrected chi connectivity index (χ4v) is 3.97. The lowest BCUT2D eigenvalue weighted by atomic mass is 10.2. The van der Waals surface area contributed by atoms with E-state index in [0.717, 1.165) is 24.9 Å². The van der Waals surface area contributed by atoms with Crippen molar-refractivity contribution in [2.45, 2.75) is 38.5 Å². The van der Waals surface area contributed by atoms with Crippen molar-refractivity contribution in [3.05, 3.63) is 53.1 Å². The van der Waals surface area contributed by atoms with Crippen LogP contribution < -0.4 is 19.7 Å². The van der Waals surface area contributed by atoms with E-state index >= 15 is 0 Å². The second kappa shape index (κ2) is 10.9. The first-order chi connectivity index (χ1) is 14.3. The molecule has 0 amide bonds. The molecule has 0 radical (unpaired) electrons. The van der Waals surface area contributed by atoms with E-state index < -0.39 is 10.1 Å². The first-order valence-electron chi connectivity index (χ1n) is 9.53. The van der Waals surface area contributed by atoms with Gasteiger partial charge in [-0.1, -0.05) is 25.5 Å². The molecule has 0 aliphatic carbocycles. The Hall–Kier alpha value is -2.65. The number of thiocarbonyl (C=S) groups is 1. The molecule has 7 nitrogen and oxygen atoms in total. The number of nitrogens with one attached hydrogen (secondary N) is 2. The van der Waals surface area contributed by atoms with Crippen LogP contribution in [0.15, 0.2) is 46.4 Å². The van der Waals surface area contributed by atoms with Crippen LogP contribution in [-0.4, -0.2) is 33.4 Å². The highest BCUT2D eigenvalue weighted by Gasteiger charge is 2.21. The van der Waals surface area contributed by atoms with Gasteiger partial charge < -0.3 is 14.2 Å². The van der Waals surface area contributed by atoms with Crippen molar-refractivity contribution in [2.75, 3.05) is 13.7 Å². The van der Waals surface area contributed by atoms with Gasteiger partial charge in [-0.3, -0.25) is 5.43 Å². The fourth-order valence-electron chi connectivity index (χ4n) is 2.56. The summed E-state index contributed by atoms with van der Waals surface area (Å²) >= 11 is 5.13. The number of methoxy groups -OCH3 is 1. The predicted octanol–water partition coefficient (Wildman–Crippen LogP) is 3.68. The Morgan fingerprint density at radius 1 is 1.17 bits per heavy atom. The van der Waals surface area contributed by atoms with Crippen LogP contribution >= 0.6 is 12.2 Å². The molecule has 162 valence electrons.